The molecule has 0 saturated carbocycles. The van der Waals surface area contributed by atoms with Gasteiger partial charge in [0.2, 0.25) is 0 Å². The summed E-state index contributed by atoms with van der Waals surface area (Å²) < 4.78 is 5.79. The van der Waals surface area contributed by atoms with E-state index in [1.54, 1.807) is 12.3 Å². The quantitative estimate of drug-likeness (QED) is 0.438. The molecule has 0 aliphatic rings. The van der Waals surface area contributed by atoms with Gasteiger partial charge in [0.05, 0.1) is 12.8 Å². The van der Waals surface area contributed by atoms with Gasteiger partial charge in [-0.3, -0.25) is 4.79 Å². The third-order valence-electron chi connectivity index (χ3n) is 3.87. The number of rotatable bonds is 7. The fraction of sp³-hybridized carbons (Fsp3) is 0.0909. The molecule has 6 heteroatoms. The zero-order valence-electron chi connectivity index (χ0n) is 15.4. The molecule has 0 unspecified atom stereocenters. The van der Waals surface area contributed by atoms with Crippen LogP contribution in [0.3, 0.4) is 0 Å². The van der Waals surface area contributed by atoms with E-state index in [9.17, 15) is 4.79 Å². The Balaban J connectivity index is 1.51. The van der Waals surface area contributed by atoms with Gasteiger partial charge in [-0.05, 0) is 60.5 Å². The lowest BCUT2D eigenvalue weighted by Crippen LogP contribution is -2.26. The predicted octanol–water partition coefficient (Wildman–Crippen LogP) is 5.00. The summed E-state index contributed by atoms with van der Waals surface area (Å²) in [5.41, 5.74) is 5.14. The summed E-state index contributed by atoms with van der Waals surface area (Å²) in [5.74, 6) is 1.21. The standard InChI is InChI=1S/C22H20ClN3O2/c1-16-12-18(23)10-11-21(16)24-15-22(27)26-25-14-17-6-5-9-20(13-17)28-19-7-3-2-4-8-19/h2-14,24H,15H2,1H3,(H,26,27)/b25-14-. The Morgan fingerprint density at radius 3 is 2.61 bits per heavy atom. The number of nitrogens with zero attached hydrogens (tertiary/aromatic N) is 1. The highest BCUT2D eigenvalue weighted by atomic mass is 35.5. The second kappa shape index (κ2) is 9.58. The minimum atomic E-state index is -0.248. The van der Waals surface area contributed by atoms with Crippen LogP contribution in [-0.2, 0) is 4.79 Å². The van der Waals surface area contributed by atoms with E-state index in [2.05, 4.69) is 15.8 Å². The number of para-hydroxylation sites is 1. The predicted molar refractivity (Wildman–Crippen MR) is 113 cm³/mol. The van der Waals surface area contributed by atoms with Crippen LogP contribution in [0.5, 0.6) is 11.5 Å². The van der Waals surface area contributed by atoms with Gasteiger partial charge in [0, 0.05) is 10.7 Å². The molecule has 5 nitrogen and oxygen atoms in total. The summed E-state index contributed by atoms with van der Waals surface area (Å²) >= 11 is 5.93. The number of ether oxygens (including phenoxy) is 1. The summed E-state index contributed by atoms with van der Waals surface area (Å²) in [7, 11) is 0. The van der Waals surface area contributed by atoms with Gasteiger partial charge >= 0.3 is 0 Å². The Morgan fingerprint density at radius 2 is 1.82 bits per heavy atom. The molecule has 0 spiro atoms. The van der Waals surface area contributed by atoms with E-state index in [-0.39, 0.29) is 12.5 Å². The molecule has 2 N–H and O–H groups in total. The molecule has 0 aliphatic heterocycles. The first-order chi connectivity index (χ1) is 13.6. The zero-order valence-corrected chi connectivity index (χ0v) is 16.1. The number of nitrogens with one attached hydrogen (secondary N) is 2. The summed E-state index contributed by atoms with van der Waals surface area (Å²) in [4.78, 5) is 12.0. The second-order valence-electron chi connectivity index (χ2n) is 6.09. The number of aryl methyl sites for hydroxylation is 1. The van der Waals surface area contributed by atoms with E-state index >= 15 is 0 Å². The summed E-state index contributed by atoms with van der Waals surface area (Å²) in [6.07, 6.45) is 1.57. The lowest BCUT2D eigenvalue weighted by atomic mass is 10.2. The molecular weight excluding hydrogens is 374 g/mol. The molecule has 0 aliphatic carbocycles. The van der Waals surface area contributed by atoms with Crippen LogP contribution in [-0.4, -0.2) is 18.7 Å². The lowest BCUT2D eigenvalue weighted by molar-refractivity contribution is -0.119. The van der Waals surface area contributed by atoms with Crippen LogP contribution in [0.1, 0.15) is 11.1 Å². The van der Waals surface area contributed by atoms with Crippen molar-refractivity contribution in [3.8, 4) is 11.5 Å². The highest BCUT2D eigenvalue weighted by molar-refractivity contribution is 6.30. The fourth-order valence-corrected chi connectivity index (χ4v) is 2.73. The maximum atomic E-state index is 12.0. The van der Waals surface area contributed by atoms with Crippen molar-refractivity contribution >= 4 is 29.4 Å². The van der Waals surface area contributed by atoms with Gasteiger partial charge in [0.1, 0.15) is 11.5 Å². The van der Waals surface area contributed by atoms with Crippen molar-refractivity contribution < 1.29 is 9.53 Å². The Bertz CT molecular complexity index is 975. The van der Waals surface area contributed by atoms with Crippen molar-refractivity contribution in [2.24, 2.45) is 5.10 Å². The number of carbonyl (C=O) groups is 1. The first-order valence-electron chi connectivity index (χ1n) is 8.75. The van der Waals surface area contributed by atoms with E-state index in [1.165, 1.54) is 0 Å². The maximum Gasteiger partial charge on any atom is 0.259 e. The topological polar surface area (TPSA) is 62.7 Å². The first kappa shape index (κ1) is 19.5. The van der Waals surface area contributed by atoms with Gasteiger partial charge in [0.15, 0.2) is 0 Å². The molecule has 3 aromatic rings. The molecule has 0 heterocycles. The van der Waals surface area contributed by atoms with Crippen molar-refractivity contribution in [2.45, 2.75) is 6.92 Å². The van der Waals surface area contributed by atoms with Gasteiger partial charge in [-0.15, -0.1) is 0 Å². The van der Waals surface area contributed by atoms with Gasteiger partial charge in [-0.25, -0.2) is 5.43 Å². The number of amides is 1. The molecule has 3 rings (SSSR count). The van der Waals surface area contributed by atoms with Gasteiger partial charge < -0.3 is 10.1 Å². The van der Waals surface area contributed by atoms with Crippen LogP contribution in [0.2, 0.25) is 5.02 Å². The van der Waals surface area contributed by atoms with Crippen LogP contribution in [0.25, 0.3) is 0 Å². The summed E-state index contributed by atoms with van der Waals surface area (Å²) in [6, 6.07) is 22.4. The molecule has 0 bridgehead atoms. The number of anilines is 1. The number of halogens is 1. The molecule has 0 atom stereocenters. The summed E-state index contributed by atoms with van der Waals surface area (Å²) in [6.45, 7) is 2.03. The van der Waals surface area contributed by atoms with Crippen LogP contribution in [0, 0.1) is 6.92 Å². The largest absolute Gasteiger partial charge is 0.457 e. The van der Waals surface area contributed by atoms with Crippen molar-refractivity contribution in [2.75, 3.05) is 11.9 Å². The fourth-order valence-electron chi connectivity index (χ4n) is 2.50. The van der Waals surface area contributed by atoms with E-state index in [0.717, 1.165) is 22.6 Å². The third kappa shape index (κ3) is 5.86. The smallest absolute Gasteiger partial charge is 0.259 e. The average molecular weight is 394 g/mol. The van der Waals surface area contributed by atoms with E-state index in [4.69, 9.17) is 16.3 Å². The molecule has 28 heavy (non-hydrogen) atoms. The number of carbonyl (C=O) groups excluding carboxylic acids is 1. The lowest BCUT2D eigenvalue weighted by Gasteiger charge is -2.08. The van der Waals surface area contributed by atoms with E-state index in [0.29, 0.717) is 10.8 Å². The van der Waals surface area contributed by atoms with Crippen molar-refractivity contribution in [1.29, 1.82) is 0 Å². The van der Waals surface area contributed by atoms with E-state index in [1.807, 2.05) is 73.7 Å². The van der Waals surface area contributed by atoms with Crippen LogP contribution >= 0.6 is 11.6 Å². The highest BCUT2D eigenvalue weighted by Gasteiger charge is 2.03. The molecule has 0 aromatic heterocycles. The number of hydrogen-bond acceptors (Lipinski definition) is 4. The van der Waals surface area contributed by atoms with Gasteiger partial charge in [-0.1, -0.05) is 41.9 Å². The average Bonchev–Trinajstić information content (AvgIpc) is 2.68. The molecule has 0 radical (unpaired) electrons. The maximum absolute atomic E-state index is 12.0. The van der Waals surface area contributed by atoms with Crippen molar-refractivity contribution in [3.05, 3.63) is 88.9 Å². The minimum Gasteiger partial charge on any atom is -0.457 e. The van der Waals surface area contributed by atoms with E-state index < -0.39 is 0 Å². The second-order valence-corrected chi connectivity index (χ2v) is 6.53. The molecule has 1 amide bonds. The Hall–Kier alpha value is -3.31. The van der Waals surface area contributed by atoms with Gasteiger partial charge in [-0.2, -0.15) is 5.10 Å². The number of hydrogen-bond donors (Lipinski definition) is 2. The number of hydrazone groups is 1. The number of benzene rings is 3. The molecule has 3 aromatic carbocycles. The third-order valence-corrected chi connectivity index (χ3v) is 4.10. The minimum absolute atomic E-state index is 0.108. The van der Waals surface area contributed by atoms with Crippen molar-refractivity contribution in [3.63, 3.8) is 0 Å². The molecule has 0 saturated heterocycles. The zero-order chi connectivity index (χ0) is 19.8. The molecule has 142 valence electrons. The van der Waals surface area contributed by atoms with Crippen LogP contribution < -0.4 is 15.5 Å². The Labute approximate surface area is 169 Å². The monoisotopic (exact) mass is 393 g/mol. The normalized spacial score (nSPS) is 10.6. The Kier molecular flexibility index (Phi) is 6.65. The first-order valence-corrected chi connectivity index (χ1v) is 9.13. The summed E-state index contributed by atoms with van der Waals surface area (Å²) in [5, 5.41) is 7.72. The molecule has 0 fully saturated rings. The van der Waals surface area contributed by atoms with Gasteiger partial charge in [0.25, 0.3) is 5.91 Å². The Morgan fingerprint density at radius 1 is 1.04 bits per heavy atom. The SMILES string of the molecule is Cc1cc(Cl)ccc1NCC(=O)N/N=C\c1cccc(Oc2ccccc2)c1. The molecular formula is C22H20ClN3O2. The highest BCUT2D eigenvalue weighted by Crippen LogP contribution is 2.21. The van der Waals surface area contributed by atoms with Crippen LogP contribution in [0.15, 0.2) is 77.9 Å². The van der Waals surface area contributed by atoms with Crippen molar-refractivity contribution in [1.82, 2.24) is 5.43 Å². The van der Waals surface area contributed by atoms with Crippen LogP contribution in [0.4, 0.5) is 5.69 Å².